The molecule has 70 valence electrons. The monoisotopic (exact) mass is 198 g/mol. The Labute approximate surface area is 82.2 Å². The Morgan fingerprint density at radius 3 is 2.77 bits per heavy atom. The van der Waals surface area contributed by atoms with Gasteiger partial charge in [0.25, 0.3) is 0 Å². The number of benzene rings is 1. The Morgan fingerprint density at radius 1 is 1.54 bits per heavy atom. The van der Waals surface area contributed by atoms with Gasteiger partial charge in [0.05, 0.1) is 0 Å². The molecule has 0 radical (unpaired) electrons. The van der Waals surface area contributed by atoms with Crippen LogP contribution in [0.2, 0.25) is 0 Å². The van der Waals surface area contributed by atoms with E-state index in [4.69, 9.17) is 11.6 Å². The number of aromatic hydroxyl groups is 1. The van der Waals surface area contributed by atoms with Crippen LogP contribution in [0.3, 0.4) is 0 Å². The van der Waals surface area contributed by atoms with Crippen molar-refractivity contribution in [2.75, 3.05) is 0 Å². The summed E-state index contributed by atoms with van der Waals surface area (Å²) in [6.45, 7) is 1.49. The van der Waals surface area contributed by atoms with Gasteiger partial charge in [-0.2, -0.15) is 0 Å². The van der Waals surface area contributed by atoms with Gasteiger partial charge in [0, 0.05) is 17.9 Å². The molecule has 1 aromatic carbocycles. The summed E-state index contributed by atoms with van der Waals surface area (Å²) in [7, 11) is 0. The molecule has 0 aromatic heterocycles. The normalized spacial score (nSPS) is 10.0. The Balaban J connectivity index is 2.96. The standard InChI is InChI=1S/C10H11ClO2/c1-7(12)4-9-5-8(6-11)2-3-10(9)13/h2-3,5,13H,4,6H2,1H3. The van der Waals surface area contributed by atoms with E-state index in [1.807, 2.05) is 0 Å². The third kappa shape index (κ3) is 2.74. The minimum absolute atomic E-state index is 0.0297. The van der Waals surface area contributed by atoms with Crippen molar-refractivity contribution in [3.63, 3.8) is 0 Å². The fourth-order valence-electron chi connectivity index (χ4n) is 1.13. The van der Waals surface area contributed by atoms with Crippen molar-refractivity contribution in [3.8, 4) is 5.75 Å². The van der Waals surface area contributed by atoms with Crippen LogP contribution in [0.15, 0.2) is 18.2 Å². The molecular weight excluding hydrogens is 188 g/mol. The number of carbonyl (C=O) groups excluding carboxylic acids is 1. The fourth-order valence-corrected chi connectivity index (χ4v) is 1.30. The summed E-state index contributed by atoms with van der Waals surface area (Å²) in [5.41, 5.74) is 1.56. The number of halogens is 1. The Kier molecular flexibility index (Phi) is 3.32. The number of carbonyl (C=O) groups is 1. The number of hydrogen-bond acceptors (Lipinski definition) is 2. The highest BCUT2D eigenvalue weighted by Crippen LogP contribution is 2.20. The molecule has 0 spiro atoms. The molecule has 0 aliphatic rings. The van der Waals surface area contributed by atoms with E-state index >= 15 is 0 Å². The number of Topliss-reactive ketones (excluding diaryl/α,β-unsaturated/α-hetero) is 1. The predicted molar refractivity (Wildman–Crippen MR) is 52.0 cm³/mol. The van der Waals surface area contributed by atoms with Crippen molar-refractivity contribution in [2.45, 2.75) is 19.2 Å². The zero-order valence-electron chi connectivity index (χ0n) is 7.38. The molecule has 0 aliphatic carbocycles. The summed E-state index contributed by atoms with van der Waals surface area (Å²) >= 11 is 5.62. The number of alkyl halides is 1. The summed E-state index contributed by atoms with van der Waals surface area (Å²) in [4.78, 5) is 10.8. The Bertz CT molecular complexity index is 321. The molecule has 1 rings (SSSR count). The minimum Gasteiger partial charge on any atom is -0.508 e. The van der Waals surface area contributed by atoms with Crippen LogP contribution in [0.4, 0.5) is 0 Å². The lowest BCUT2D eigenvalue weighted by Gasteiger charge is -2.03. The first-order valence-corrected chi connectivity index (χ1v) is 4.53. The predicted octanol–water partition coefficient (Wildman–Crippen LogP) is 2.26. The minimum atomic E-state index is 0.0297. The van der Waals surface area contributed by atoms with E-state index < -0.39 is 0 Å². The fraction of sp³-hybridized carbons (Fsp3) is 0.300. The molecule has 0 unspecified atom stereocenters. The molecule has 0 atom stereocenters. The maximum absolute atomic E-state index is 10.8. The van der Waals surface area contributed by atoms with Crippen LogP contribution in [-0.4, -0.2) is 10.9 Å². The van der Waals surface area contributed by atoms with Crippen LogP contribution in [0.5, 0.6) is 5.75 Å². The van der Waals surface area contributed by atoms with Crippen molar-refractivity contribution in [1.82, 2.24) is 0 Å². The molecule has 0 amide bonds. The van der Waals surface area contributed by atoms with Gasteiger partial charge < -0.3 is 5.11 Å². The first kappa shape index (κ1) is 10.1. The summed E-state index contributed by atoms with van der Waals surface area (Å²) in [6.07, 6.45) is 0.260. The largest absolute Gasteiger partial charge is 0.508 e. The molecule has 13 heavy (non-hydrogen) atoms. The summed E-state index contributed by atoms with van der Waals surface area (Å²) in [5, 5.41) is 9.38. The molecule has 1 aromatic rings. The highest BCUT2D eigenvalue weighted by molar-refractivity contribution is 6.17. The molecule has 0 heterocycles. The lowest BCUT2D eigenvalue weighted by Crippen LogP contribution is -1.97. The number of phenols is 1. The average Bonchev–Trinajstić information content (AvgIpc) is 2.08. The van der Waals surface area contributed by atoms with Crippen molar-refractivity contribution < 1.29 is 9.90 Å². The van der Waals surface area contributed by atoms with Crippen LogP contribution in [0, 0.1) is 0 Å². The van der Waals surface area contributed by atoms with Gasteiger partial charge in [0.15, 0.2) is 0 Å². The zero-order valence-corrected chi connectivity index (χ0v) is 8.14. The van der Waals surface area contributed by atoms with Crippen LogP contribution in [0.1, 0.15) is 18.1 Å². The second kappa shape index (κ2) is 4.28. The van der Waals surface area contributed by atoms with E-state index in [9.17, 15) is 9.90 Å². The quantitative estimate of drug-likeness (QED) is 0.757. The van der Waals surface area contributed by atoms with Gasteiger partial charge in [-0.1, -0.05) is 12.1 Å². The van der Waals surface area contributed by atoms with E-state index in [1.54, 1.807) is 18.2 Å². The third-order valence-corrected chi connectivity index (χ3v) is 2.05. The molecule has 1 N–H and O–H groups in total. The zero-order chi connectivity index (χ0) is 9.84. The summed E-state index contributed by atoms with van der Waals surface area (Å²) < 4.78 is 0. The molecule has 0 saturated heterocycles. The highest BCUT2D eigenvalue weighted by atomic mass is 35.5. The molecule has 0 fully saturated rings. The van der Waals surface area contributed by atoms with E-state index in [1.165, 1.54) is 6.92 Å². The van der Waals surface area contributed by atoms with Crippen molar-refractivity contribution >= 4 is 17.4 Å². The topological polar surface area (TPSA) is 37.3 Å². The van der Waals surface area contributed by atoms with Gasteiger partial charge in [0.1, 0.15) is 11.5 Å². The van der Waals surface area contributed by atoms with Crippen LogP contribution in [-0.2, 0) is 17.1 Å². The summed E-state index contributed by atoms with van der Waals surface area (Å²) in [6, 6.07) is 5.06. The SMILES string of the molecule is CC(=O)Cc1cc(CCl)ccc1O. The molecule has 0 bridgehead atoms. The molecule has 0 saturated carbocycles. The van der Waals surface area contributed by atoms with Gasteiger partial charge in [0.2, 0.25) is 0 Å². The lowest BCUT2D eigenvalue weighted by molar-refractivity contribution is -0.116. The number of ketones is 1. The first-order valence-electron chi connectivity index (χ1n) is 3.99. The maximum atomic E-state index is 10.8. The van der Waals surface area contributed by atoms with E-state index in [2.05, 4.69) is 0 Å². The Hall–Kier alpha value is -1.02. The second-order valence-corrected chi connectivity index (χ2v) is 3.24. The average molecular weight is 199 g/mol. The van der Waals surface area contributed by atoms with Gasteiger partial charge in [-0.25, -0.2) is 0 Å². The van der Waals surface area contributed by atoms with Crippen LogP contribution < -0.4 is 0 Å². The number of rotatable bonds is 3. The highest BCUT2D eigenvalue weighted by Gasteiger charge is 2.04. The molecule has 3 heteroatoms. The first-order chi connectivity index (χ1) is 6.13. The van der Waals surface area contributed by atoms with Crippen molar-refractivity contribution in [3.05, 3.63) is 29.3 Å². The van der Waals surface area contributed by atoms with Gasteiger partial charge in [-0.05, 0) is 18.6 Å². The van der Waals surface area contributed by atoms with Crippen molar-refractivity contribution in [2.24, 2.45) is 0 Å². The molecule has 2 nitrogen and oxygen atoms in total. The van der Waals surface area contributed by atoms with E-state index in [0.717, 1.165) is 5.56 Å². The molecule has 0 aliphatic heterocycles. The van der Waals surface area contributed by atoms with Gasteiger partial charge >= 0.3 is 0 Å². The Morgan fingerprint density at radius 2 is 2.23 bits per heavy atom. The summed E-state index contributed by atoms with van der Waals surface area (Å²) in [5.74, 6) is 0.580. The second-order valence-electron chi connectivity index (χ2n) is 2.98. The third-order valence-electron chi connectivity index (χ3n) is 1.74. The van der Waals surface area contributed by atoms with Crippen LogP contribution in [0.25, 0.3) is 0 Å². The van der Waals surface area contributed by atoms with Crippen molar-refractivity contribution in [1.29, 1.82) is 0 Å². The smallest absolute Gasteiger partial charge is 0.134 e. The van der Waals surface area contributed by atoms with E-state index in [0.29, 0.717) is 11.4 Å². The van der Waals surface area contributed by atoms with Gasteiger partial charge in [-0.15, -0.1) is 11.6 Å². The number of phenolic OH excluding ortho intramolecular Hbond substituents is 1. The maximum Gasteiger partial charge on any atom is 0.134 e. The molecular formula is C10H11ClO2. The van der Waals surface area contributed by atoms with Crippen LogP contribution >= 0.6 is 11.6 Å². The number of hydrogen-bond donors (Lipinski definition) is 1. The van der Waals surface area contributed by atoms with E-state index in [-0.39, 0.29) is 18.0 Å². The van der Waals surface area contributed by atoms with Gasteiger partial charge in [-0.3, -0.25) is 4.79 Å². The lowest BCUT2D eigenvalue weighted by atomic mass is 10.1.